The van der Waals surface area contributed by atoms with Gasteiger partial charge in [-0.15, -0.1) is 69.1 Å². The van der Waals surface area contributed by atoms with Crippen molar-refractivity contribution >= 4 is 74.6 Å². The molecule has 282 valence electrons. The molecule has 0 aromatic heterocycles. The van der Waals surface area contributed by atoms with Crippen molar-refractivity contribution in [3.8, 4) is 44.5 Å². The quantitative estimate of drug-likeness (QED) is 0.115. The van der Waals surface area contributed by atoms with Crippen LogP contribution in [-0.4, -0.2) is 25.7 Å². The van der Waals surface area contributed by atoms with E-state index in [9.17, 15) is 0 Å². The zero-order chi connectivity index (χ0) is 40.3. The van der Waals surface area contributed by atoms with Crippen LogP contribution in [0.15, 0.2) is 170 Å². The van der Waals surface area contributed by atoms with E-state index < -0.39 is 37.0 Å². The summed E-state index contributed by atoms with van der Waals surface area (Å²) in [5, 5.41) is 8.41. The van der Waals surface area contributed by atoms with Crippen LogP contribution in [0.1, 0.15) is 0 Å². The molecule has 0 fully saturated rings. The average Bonchev–Trinajstić information content (AvgIpc) is 3.84. The van der Waals surface area contributed by atoms with Crippen LogP contribution < -0.4 is 10.4 Å². The van der Waals surface area contributed by atoms with Gasteiger partial charge in [0, 0.05) is 9.52 Å². The fourth-order valence-electron chi connectivity index (χ4n) is 7.28. The molecule has 0 atom stereocenters. The Morgan fingerprint density at radius 1 is 0.429 bits per heavy atom. The zero-order valence-electron chi connectivity index (χ0n) is 33.9. The molecule has 0 saturated carbocycles. The molecule has 0 N–H and O–H groups in total. The predicted molar refractivity (Wildman–Crippen MR) is 256 cm³/mol. The molecule has 6 heteroatoms. The van der Waals surface area contributed by atoms with Gasteiger partial charge in [0.2, 0.25) is 0 Å². The molecule has 8 rings (SSSR count). The maximum absolute atomic E-state index is 4.93. The van der Waals surface area contributed by atoms with E-state index in [2.05, 4.69) is 222 Å². The average molecular weight is 899 g/mol. The van der Waals surface area contributed by atoms with Crippen LogP contribution in [0.4, 0.5) is 0 Å². The molecule has 0 heterocycles. The second-order valence-electron chi connectivity index (χ2n) is 16.0. The molecule has 0 nitrogen and oxygen atoms in total. The fourth-order valence-corrected chi connectivity index (χ4v) is 10.5. The van der Waals surface area contributed by atoms with Crippen LogP contribution in [0.3, 0.4) is 0 Å². The van der Waals surface area contributed by atoms with Gasteiger partial charge in [-0.2, -0.15) is 0 Å². The summed E-state index contributed by atoms with van der Waals surface area (Å²) < 4.78 is 0. The van der Waals surface area contributed by atoms with Gasteiger partial charge in [-0.25, -0.2) is 0 Å². The van der Waals surface area contributed by atoms with E-state index in [1.807, 2.05) is 0 Å². The van der Waals surface area contributed by atoms with Crippen LogP contribution in [0, 0.1) is 0 Å². The molecule has 0 spiro atoms. The number of benzene rings is 6. The summed E-state index contributed by atoms with van der Waals surface area (Å²) in [4.78, 5) is 0. The summed E-state index contributed by atoms with van der Waals surface area (Å²) in [6, 6.07) is 61.9. The van der Waals surface area contributed by atoms with Gasteiger partial charge in [-0.1, -0.05) is 218 Å². The Balaban J connectivity index is 0.000000188. The Hall–Kier alpha value is -3.35. The van der Waals surface area contributed by atoms with E-state index in [0.717, 1.165) is 9.52 Å². The minimum atomic E-state index is -1.41. The van der Waals surface area contributed by atoms with E-state index >= 15 is 0 Å². The number of hydrogen-bond acceptors (Lipinski definition) is 0. The van der Waals surface area contributed by atoms with Crippen molar-refractivity contribution < 1.29 is 20.8 Å². The van der Waals surface area contributed by atoms with Crippen LogP contribution in [-0.2, 0) is 20.8 Å². The van der Waals surface area contributed by atoms with E-state index in [1.54, 1.807) is 0 Å². The van der Waals surface area contributed by atoms with Crippen molar-refractivity contribution in [1.29, 1.82) is 0 Å². The van der Waals surface area contributed by atoms with Crippen LogP contribution in [0.5, 0.6) is 0 Å². The van der Waals surface area contributed by atoms with Crippen molar-refractivity contribution in [2.24, 2.45) is 0 Å². The van der Waals surface area contributed by atoms with Crippen LogP contribution >= 0.6 is 17.0 Å². The minimum absolute atomic E-state index is 0.826. The Morgan fingerprint density at radius 3 is 1.07 bits per heavy atom. The van der Waals surface area contributed by atoms with Gasteiger partial charge >= 0.3 is 37.9 Å². The molecule has 0 bridgehead atoms. The van der Waals surface area contributed by atoms with E-state index in [1.165, 1.54) is 76.4 Å². The Kier molecular flexibility index (Phi) is 15.9. The SMILES string of the molecule is C[Si](C)(C)c1ccccc1-c1cccc2[cH-]c(-c3ccccc3)cc12.C[Si](C)(C)c1ccccc1-c1cccc2[cH-]c(-c3ccccc3)cc12.C[Si]C.[Cl][Zr+2][Cl]. The van der Waals surface area contributed by atoms with Gasteiger partial charge in [0.15, 0.2) is 0 Å². The maximum atomic E-state index is 4.93. The summed E-state index contributed by atoms with van der Waals surface area (Å²) in [6.45, 7) is 18.8. The molecule has 0 saturated heterocycles. The van der Waals surface area contributed by atoms with E-state index in [4.69, 9.17) is 17.0 Å². The number of halogens is 2. The fraction of sp³-hybridized carbons (Fsp3) is 0.160. The first-order valence-electron chi connectivity index (χ1n) is 19.2. The first-order valence-corrected chi connectivity index (χ1v) is 34.5. The number of hydrogen-bond donors (Lipinski definition) is 0. The van der Waals surface area contributed by atoms with Gasteiger partial charge in [-0.05, 0) is 11.1 Å². The molecule has 0 aliphatic carbocycles. The van der Waals surface area contributed by atoms with E-state index in [0.29, 0.717) is 0 Å². The normalized spacial score (nSPS) is 11.0. The molecule has 0 amide bonds. The third-order valence-corrected chi connectivity index (χ3v) is 13.9. The topological polar surface area (TPSA) is 0 Å². The molecule has 8 aromatic carbocycles. The van der Waals surface area contributed by atoms with Gasteiger partial charge < -0.3 is 0 Å². The van der Waals surface area contributed by atoms with Crippen molar-refractivity contribution in [3.63, 3.8) is 0 Å². The zero-order valence-corrected chi connectivity index (χ0v) is 40.9. The van der Waals surface area contributed by atoms with E-state index in [-0.39, 0.29) is 0 Å². The Bertz CT molecular complexity index is 2260. The van der Waals surface area contributed by atoms with Crippen molar-refractivity contribution in [3.05, 3.63) is 170 Å². The van der Waals surface area contributed by atoms with Crippen molar-refractivity contribution in [2.45, 2.75) is 52.4 Å². The third-order valence-electron chi connectivity index (χ3n) is 9.77. The second kappa shape index (κ2) is 20.4. The summed E-state index contributed by atoms with van der Waals surface area (Å²) in [7, 11) is 8.14. The van der Waals surface area contributed by atoms with Crippen molar-refractivity contribution in [2.75, 3.05) is 0 Å². The molecule has 56 heavy (non-hydrogen) atoms. The number of rotatable bonds is 6. The third kappa shape index (κ3) is 11.0. The van der Waals surface area contributed by atoms with Crippen LogP contribution in [0.25, 0.3) is 66.1 Å². The monoisotopic (exact) mass is 896 g/mol. The first kappa shape index (κ1) is 43.8. The first-order chi connectivity index (χ1) is 26.9. The van der Waals surface area contributed by atoms with Gasteiger partial charge in [-0.3, -0.25) is 0 Å². The van der Waals surface area contributed by atoms with Crippen molar-refractivity contribution in [1.82, 2.24) is 0 Å². The summed E-state index contributed by atoms with van der Waals surface area (Å²) in [6.07, 6.45) is 0. The summed E-state index contributed by atoms with van der Waals surface area (Å²) >= 11 is -0.826. The molecular formula is C50H52Cl2Si3Zr. The molecular weight excluding hydrogens is 847 g/mol. The van der Waals surface area contributed by atoms with Gasteiger partial charge in [0.05, 0.1) is 16.1 Å². The predicted octanol–water partition coefficient (Wildman–Crippen LogP) is 15.0. The molecule has 8 aromatic rings. The molecule has 2 radical (unpaired) electrons. The van der Waals surface area contributed by atoms with Crippen LogP contribution in [0.2, 0.25) is 52.4 Å². The van der Waals surface area contributed by atoms with Gasteiger partial charge in [0.1, 0.15) is 0 Å². The number of fused-ring (bicyclic) bond motifs is 2. The summed E-state index contributed by atoms with van der Waals surface area (Å²) in [5.41, 5.74) is 10.7. The molecule has 0 aliphatic rings. The second-order valence-corrected chi connectivity index (χ2v) is 30.8. The summed E-state index contributed by atoms with van der Waals surface area (Å²) in [5.74, 6) is 0. The molecule has 0 unspecified atom stereocenters. The molecule has 0 aliphatic heterocycles. The Morgan fingerprint density at radius 2 is 0.732 bits per heavy atom. The van der Waals surface area contributed by atoms with Gasteiger partial charge in [0.25, 0.3) is 0 Å². The standard InChI is InChI=1S/2C24H23Si.C2H6Si.2ClH.Zr/c2*1-25(2,3)24-15-8-7-13-22(24)21-14-9-12-19-16-20(17-23(19)21)18-10-5-4-6-11-18;1-3-2;;;/h2*4-17H,1-3H3;1-2H3;2*1H;/q2*-1;;;;+4/p-2. The Labute approximate surface area is 359 Å².